The molecule has 34 heavy (non-hydrogen) atoms. The number of benzene rings is 1. The second-order valence-electron chi connectivity index (χ2n) is 7.21. The number of hydrogen-bond donors (Lipinski definition) is 2. The molecule has 0 fully saturated rings. The molecule has 3 aromatic heterocycles. The average molecular weight is 499 g/mol. The van der Waals surface area contributed by atoms with E-state index in [0.717, 1.165) is 27.1 Å². The number of esters is 1. The number of anilines is 4. The van der Waals surface area contributed by atoms with Crippen LogP contribution >= 0.6 is 22.7 Å². The van der Waals surface area contributed by atoms with E-state index in [1.54, 1.807) is 19.9 Å². The van der Waals surface area contributed by atoms with E-state index in [9.17, 15) is 14.7 Å². The smallest absolute Gasteiger partial charge is 0.357 e. The summed E-state index contributed by atoms with van der Waals surface area (Å²) >= 11 is 2.64. The van der Waals surface area contributed by atoms with Crippen LogP contribution in [0.15, 0.2) is 35.7 Å². The highest BCUT2D eigenvalue weighted by atomic mass is 32.1. The van der Waals surface area contributed by atoms with E-state index in [1.807, 2.05) is 31.2 Å². The van der Waals surface area contributed by atoms with Gasteiger partial charge in [-0.2, -0.15) is 0 Å². The van der Waals surface area contributed by atoms with Crippen LogP contribution in [-0.4, -0.2) is 49.9 Å². The summed E-state index contributed by atoms with van der Waals surface area (Å²) in [6, 6.07) is 8.60. The van der Waals surface area contributed by atoms with Crippen LogP contribution in [0.2, 0.25) is 0 Å². The monoisotopic (exact) mass is 498 g/mol. The Morgan fingerprint density at radius 2 is 2.00 bits per heavy atom. The molecule has 12 heteroatoms. The standard InChI is InChI=1S/C22H22N6O4S2/c1-4-15(19(29)30)28(22-24-14(11-33-22)20(31)32-5-2)17-10-12(3)18(27-26-17)25-21-23-13-8-6-7-9-16(13)34-21/h6-11,15H,4-5H2,1-3H3,(H,29,30)(H,23,25,27). The maximum Gasteiger partial charge on any atom is 0.357 e. The fourth-order valence-electron chi connectivity index (χ4n) is 3.27. The van der Waals surface area contributed by atoms with E-state index in [-0.39, 0.29) is 18.7 Å². The molecule has 1 unspecified atom stereocenters. The Morgan fingerprint density at radius 3 is 2.68 bits per heavy atom. The van der Waals surface area contributed by atoms with Gasteiger partial charge in [0.15, 0.2) is 27.6 Å². The number of rotatable bonds is 9. The fraction of sp³-hybridized carbons (Fsp3) is 0.273. The van der Waals surface area contributed by atoms with E-state index in [4.69, 9.17) is 4.74 Å². The molecule has 1 aromatic carbocycles. The van der Waals surface area contributed by atoms with Crippen LogP contribution in [0.1, 0.15) is 36.3 Å². The Balaban J connectivity index is 1.67. The number of fused-ring (bicyclic) bond motifs is 1. The van der Waals surface area contributed by atoms with Crippen LogP contribution in [0.25, 0.3) is 10.2 Å². The second-order valence-corrected chi connectivity index (χ2v) is 9.08. The highest BCUT2D eigenvalue weighted by Gasteiger charge is 2.30. The zero-order valence-corrected chi connectivity index (χ0v) is 20.3. The van der Waals surface area contributed by atoms with Gasteiger partial charge in [-0.1, -0.05) is 30.4 Å². The lowest BCUT2D eigenvalue weighted by molar-refractivity contribution is -0.138. The summed E-state index contributed by atoms with van der Waals surface area (Å²) in [5.74, 6) is -0.777. The zero-order valence-electron chi connectivity index (χ0n) is 18.7. The predicted octanol–water partition coefficient (Wildman–Crippen LogP) is 4.77. The average Bonchev–Trinajstić information content (AvgIpc) is 3.45. The second kappa shape index (κ2) is 10.1. The van der Waals surface area contributed by atoms with Crippen molar-refractivity contribution >= 4 is 66.7 Å². The van der Waals surface area contributed by atoms with Crippen LogP contribution in [-0.2, 0) is 9.53 Å². The molecule has 1 atom stereocenters. The molecule has 0 aliphatic carbocycles. The van der Waals surface area contributed by atoms with E-state index < -0.39 is 18.0 Å². The summed E-state index contributed by atoms with van der Waals surface area (Å²) in [4.78, 5) is 34.4. The number of carbonyl (C=O) groups excluding carboxylic acids is 1. The maximum absolute atomic E-state index is 12.1. The molecule has 0 saturated carbocycles. The van der Waals surface area contributed by atoms with Crippen molar-refractivity contribution in [2.24, 2.45) is 0 Å². The van der Waals surface area contributed by atoms with Crippen molar-refractivity contribution in [1.29, 1.82) is 0 Å². The lowest BCUT2D eigenvalue weighted by Gasteiger charge is -2.26. The third-order valence-corrected chi connectivity index (χ3v) is 6.70. The first-order valence-electron chi connectivity index (χ1n) is 10.5. The molecule has 4 aromatic rings. The van der Waals surface area contributed by atoms with Gasteiger partial charge in [-0.15, -0.1) is 21.5 Å². The number of nitrogens with zero attached hydrogens (tertiary/aromatic N) is 5. The molecule has 3 heterocycles. The highest BCUT2D eigenvalue weighted by Crippen LogP contribution is 2.33. The molecule has 0 bridgehead atoms. The molecule has 0 aliphatic heterocycles. The van der Waals surface area contributed by atoms with Gasteiger partial charge in [0.2, 0.25) is 0 Å². The summed E-state index contributed by atoms with van der Waals surface area (Å²) in [6.45, 7) is 5.53. The van der Waals surface area contributed by atoms with E-state index in [1.165, 1.54) is 21.6 Å². The Hall–Kier alpha value is -3.64. The van der Waals surface area contributed by atoms with Gasteiger partial charge in [0.1, 0.15) is 6.04 Å². The molecule has 0 spiro atoms. The Kier molecular flexibility index (Phi) is 6.98. The normalized spacial score (nSPS) is 11.9. The number of aliphatic carboxylic acids is 1. The van der Waals surface area contributed by atoms with Crippen molar-refractivity contribution in [2.75, 3.05) is 16.8 Å². The summed E-state index contributed by atoms with van der Waals surface area (Å²) < 4.78 is 6.05. The summed E-state index contributed by atoms with van der Waals surface area (Å²) in [5, 5.41) is 24.1. The molecule has 0 aliphatic rings. The Bertz CT molecular complexity index is 1300. The first-order chi connectivity index (χ1) is 16.4. The number of carboxylic acid groups (broad SMARTS) is 1. The van der Waals surface area contributed by atoms with E-state index in [2.05, 4.69) is 25.5 Å². The number of aromatic nitrogens is 4. The molecule has 2 N–H and O–H groups in total. The Morgan fingerprint density at radius 1 is 1.21 bits per heavy atom. The minimum absolute atomic E-state index is 0.117. The number of hydrogen-bond acceptors (Lipinski definition) is 11. The molecule has 4 rings (SSSR count). The number of nitrogens with one attached hydrogen (secondary N) is 1. The molecule has 0 radical (unpaired) electrons. The van der Waals surface area contributed by atoms with Gasteiger partial charge >= 0.3 is 11.9 Å². The Labute approximate surface area is 203 Å². The van der Waals surface area contributed by atoms with Gasteiger partial charge in [-0.3, -0.25) is 4.90 Å². The number of carbonyl (C=O) groups is 2. The van der Waals surface area contributed by atoms with Crippen LogP contribution < -0.4 is 10.2 Å². The van der Waals surface area contributed by atoms with Crippen molar-refractivity contribution in [3.8, 4) is 0 Å². The van der Waals surface area contributed by atoms with Gasteiger partial charge in [0.25, 0.3) is 0 Å². The molecule has 10 nitrogen and oxygen atoms in total. The molecule has 0 saturated heterocycles. The first-order valence-corrected chi connectivity index (χ1v) is 12.2. The van der Waals surface area contributed by atoms with Crippen molar-refractivity contribution in [3.63, 3.8) is 0 Å². The predicted molar refractivity (Wildman–Crippen MR) is 132 cm³/mol. The molecular weight excluding hydrogens is 476 g/mol. The lowest BCUT2D eigenvalue weighted by Crippen LogP contribution is -2.38. The summed E-state index contributed by atoms with van der Waals surface area (Å²) in [5.41, 5.74) is 1.75. The van der Waals surface area contributed by atoms with Crippen molar-refractivity contribution in [1.82, 2.24) is 20.2 Å². The lowest BCUT2D eigenvalue weighted by atomic mass is 10.2. The minimum Gasteiger partial charge on any atom is -0.480 e. The van der Waals surface area contributed by atoms with Crippen molar-refractivity contribution in [2.45, 2.75) is 33.2 Å². The zero-order chi connectivity index (χ0) is 24.2. The summed E-state index contributed by atoms with van der Waals surface area (Å²) in [6.07, 6.45) is 0.288. The number of thiazole rings is 2. The van der Waals surface area contributed by atoms with Crippen molar-refractivity contribution < 1.29 is 19.4 Å². The number of aryl methyl sites for hydroxylation is 1. The maximum atomic E-state index is 12.1. The van der Waals surface area contributed by atoms with E-state index >= 15 is 0 Å². The van der Waals surface area contributed by atoms with Crippen LogP contribution in [0.4, 0.5) is 21.9 Å². The number of carboxylic acids is 1. The van der Waals surface area contributed by atoms with Crippen LogP contribution in [0.5, 0.6) is 0 Å². The third kappa shape index (κ3) is 4.82. The molecule has 0 amide bonds. The minimum atomic E-state index is -1.04. The van der Waals surface area contributed by atoms with Crippen LogP contribution in [0.3, 0.4) is 0 Å². The van der Waals surface area contributed by atoms with Gasteiger partial charge in [0, 0.05) is 5.38 Å². The molecular formula is C22H22N6O4S2. The quantitative estimate of drug-likeness (QED) is 0.311. The van der Waals surface area contributed by atoms with Crippen LogP contribution in [0, 0.1) is 6.92 Å². The SMILES string of the molecule is CCOC(=O)c1csc(N(c2cc(C)c(Nc3nc4ccccc4s3)nn2)C(CC)C(=O)O)n1. The third-order valence-electron chi connectivity index (χ3n) is 4.90. The highest BCUT2D eigenvalue weighted by molar-refractivity contribution is 7.22. The number of para-hydroxylation sites is 1. The van der Waals surface area contributed by atoms with Gasteiger partial charge in [-0.25, -0.2) is 19.6 Å². The number of ether oxygens (including phenoxy) is 1. The first kappa shape index (κ1) is 23.5. The fourth-order valence-corrected chi connectivity index (χ4v) is 4.99. The van der Waals surface area contributed by atoms with E-state index in [0.29, 0.717) is 21.9 Å². The summed E-state index contributed by atoms with van der Waals surface area (Å²) in [7, 11) is 0. The molecule has 176 valence electrons. The van der Waals surface area contributed by atoms with Crippen molar-refractivity contribution in [3.05, 3.63) is 47.0 Å². The van der Waals surface area contributed by atoms with Gasteiger partial charge in [0.05, 0.1) is 16.8 Å². The largest absolute Gasteiger partial charge is 0.480 e. The van der Waals surface area contributed by atoms with Gasteiger partial charge in [-0.05, 0) is 44.0 Å². The van der Waals surface area contributed by atoms with Gasteiger partial charge < -0.3 is 15.2 Å². The topological polar surface area (TPSA) is 130 Å².